The van der Waals surface area contributed by atoms with Gasteiger partial charge in [0.15, 0.2) is 5.78 Å². The third-order valence-electron chi connectivity index (χ3n) is 3.08. The molecule has 94 valence electrons. The molecule has 0 saturated heterocycles. The fourth-order valence-corrected chi connectivity index (χ4v) is 2.70. The molecule has 0 spiro atoms. The van der Waals surface area contributed by atoms with Crippen molar-refractivity contribution in [1.29, 1.82) is 0 Å². The van der Waals surface area contributed by atoms with Gasteiger partial charge in [-0.1, -0.05) is 13.0 Å². The van der Waals surface area contributed by atoms with E-state index in [2.05, 4.69) is 11.9 Å². The van der Waals surface area contributed by atoms with Gasteiger partial charge < -0.3 is 0 Å². The summed E-state index contributed by atoms with van der Waals surface area (Å²) in [5.41, 5.74) is 3.24. The maximum atomic E-state index is 12.1. The van der Waals surface area contributed by atoms with E-state index in [4.69, 9.17) is 0 Å². The van der Waals surface area contributed by atoms with Crippen molar-refractivity contribution in [2.24, 2.45) is 0 Å². The molecule has 0 N–H and O–H groups in total. The Balaban J connectivity index is 2.10. The molecule has 0 aliphatic rings. The van der Waals surface area contributed by atoms with Gasteiger partial charge in [0.25, 0.3) is 0 Å². The highest BCUT2D eigenvalue weighted by molar-refractivity contribution is 7.14. The van der Waals surface area contributed by atoms with Gasteiger partial charge in [-0.25, -0.2) is 0 Å². The molecular weight excluding hydrogens is 242 g/mol. The van der Waals surface area contributed by atoms with Crippen molar-refractivity contribution in [1.82, 2.24) is 4.98 Å². The van der Waals surface area contributed by atoms with E-state index in [0.717, 1.165) is 17.0 Å². The van der Waals surface area contributed by atoms with Crippen molar-refractivity contribution in [2.75, 3.05) is 0 Å². The van der Waals surface area contributed by atoms with Crippen LogP contribution in [0.3, 0.4) is 0 Å². The maximum Gasteiger partial charge on any atom is 0.178 e. The normalized spacial score (nSPS) is 10.6. The minimum absolute atomic E-state index is 0.160. The van der Waals surface area contributed by atoms with Gasteiger partial charge in [0.2, 0.25) is 0 Å². The van der Waals surface area contributed by atoms with Crippen LogP contribution in [0.2, 0.25) is 0 Å². The van der Waals surface area contributed by atoms with Crippen LogP contribution in [0.15, 0.2) is 24.4 Å². The zero-order chi connectivity index (χ0) is 13.1. The number of hydrogen-bond donors (Lipinski definition) is 0. The number of rotatable bonds is 4. The fourth-order valence-electron chi connectivity index (χ4n) is 1.73. The van der Waals surface area contributed by atoms with Gasteiger partial charge >= 0.3 is 0 Å². The molecule has 2 nitrogen and oxygen atoms in total. The molecule has 0 radical (unpaired) electrons. The van der Waals surface area contributed by atoms with E-state index >= 15 is 0 Å². The maximum absolute atomic E-state index is 12.1. The lowest BCUT2D eigenvalue weighted by atomic mass is 10.1. The van der Waals surface area contributed by atoms with Crippen molar-refractivity contribution < 1.29 is 4.79 Å². The number of Topliss-reactive ketones (excluding diaryl/α,β-unsaturated/α-hetero) is 1. The summed E-state index contributed by atoms with van der Waals surface area (Å²) >= 11 is 1.57. The molecule has 0 fully saturated rings. The first-order chi connectivity index (χ1) is 8.60. The van der Waals surface area contributed by atoms with Crippen LogP contribution in [0, 0.1) is 13.8 Å². The smallest absolute Gasteiger partial charge is 0.178 e. The molecule has 0 atom stereocenters. The lowest BCUT2D eigenvalue weighted by molar-refractivity contribution is 0.0995. The SMILES string of the molecule is CCc1ccc(CC(=O)c2cc(C)c(C)s2)nc1. The van der Waals surface area contributed by atoms with Crippen LogP contribution in [-0.2, 0) is 12.8 Å². The summed E-state index contributed by atoms with van der Waals surface area (Å²) in [5, 5.41) is 0. The first-order valence-corrected chi connectivity index (χ1v) is 6.96. The van der Waals surface area contributed by atoms with Gasteiger partial charge in [0, 0.05) is 16.8 Å². The standard InChI is InChI=1S/C15H17NOS/c1-4-12-5-6-13(16-9-12)8-14(17)15-7-10(2)11(3)18-15/h5-7,9H,4,8H2,1-3H3. The van der Waals surface area contributed by atoms with Crippen molar-refractivity contribution in [3.8, 4) is 0 Å². The summed E-state index contributed by atoms with van der Waals surface area (Å²) in [5.74, 6) is 0.160. The van der Waals surface area contributed by atoms with Gasteiger partial charge in [-0.05, 0) is 43.5 Å². The molecular formula is C15H17NOS. The second-order valence-electron chi connectivity index (χ2n) is 4.46. The second kappa shape index (κ2) is 5.44. The predicted octanol–water partition coefficient (Wildman–Crippen LogP) is 3.75. The number of nitrogens with zero attached hydrogens (tertiary/aromatic N) is 1. The number of carbonyl (C=O) groups is 1. The highest BCUT2D eigenvalue weighted by Gasteiger charge is 2.11. The number of aromatic nitrogens is 1. The highest BCUT2D eigenvalue weighted by atomic mass is 32.1. The molecule has 0 amide bonds. The van der Waals surface area contributed by atoms with Crippen LogP contribution in [0.25, 0.3) is 0 Å². The first kappa shape index (κ1) is 13.0. The van der Waals surface area contributed by atoms with Crippen LogP contribution in [0.5, 0.6) is 0 Å². The summed E-state index contributed by atoms with van der Waals surface area (Å²) in [4.78, 5) is 18.5. The number of ketones is 1. The van der Waals surface area contributed by atoms with E-state index in [1.807, 2.05) is 38.2 Å². The van der Waals surface area contributed by atoms with Crippen molar-refractivity contribution in [3.63, 3.8) is 0 Å². The minimum atomic E-state index is 0.160. The molecule has 0 saturated carbocycles. The third kappa shape index (κ3) is 2.85. The molecule has 0 unspecified atom stereocenters. The quantitative estimate of drug-likeness (QED) is 0.783. The van der Waals surface area contributed by atoms with Crippen LogP contribution in [0.4, 0.5) is 0 Å². The largest absolute Gasteiger partial charge is 0.293 e. The van der Waals surface area contributed by atoms with Gasteiger partial charge in [-0.3, -0.25) is 9.78 Å². The second-order valence-corrected chi connectivity index (χ2v) is 5.72. The highest BCUT2D eigenvalue weighted by Crippen LogP contribution is 2.22. The molecule has 0 bridgehead atoms. The van der Waals surface area contributed by atoms with Gasteiger partial charge in [0.05, 0.1) is 11.3 Å². The van der Waals surface area contributed by atoms with Crippen LogP contribution < -0.4 is 0 Å². The molecule has 0 aliphatic heterocycles. The average Bonchev–Trinajstić information content (AvgIpc) is 2.71. The monoisotopic (exact) mass is 259 g/mol. The topological polar surface area (TPSA) is 30.0 Å². The predicted molar refractivity (Wildman–Crippen MR) is 75.4 cm³/mol. The Labute approximate surface area is 112 Å². The van der Waals surface area contributed by atoms with E-state index in [1.165, 1.54) is 16.0 Å². The van der Waals surface area contributed by atoms with E-state index in [0.29, 0.717) is 6.42 Å². The molecule has 18 heavy (non-hydrogen) atoms. The van der Waals surface area contributed by atoms with E-state index in [9.17, 15) is 4.79 Å². The summed E-state index contributed by atoms with van der Waals surface area (Å²) in [6.45, 7) is 6.18. The Morgan fingerprint density at radius 3 is 2.61 bits per heavy atom. The number of pyridine rings is 1. The summed E-state index contributed by atoms with van der Waals surface area (Å²) in [6, 6.07) is 5.97. The van der Waals surface area contributed by atoms with E-state index in [-0.39, 0.29) is 5.78 Å². The van der Waals surface area contributed by atoms with Crippen molar-refractivity contribution in [2.45, 2.75) is 33.6 Å². The van der Waals surface area contributed by atoms with Crippen molar-refractivity contribution >= 4 is 17.1 Å². The Bertz CT molecular complexity index is 535. The van der Waals surface area contributed by atoms with E-state index in [1.54, 1.807) is 11.3 Å². The Morgan fingerprint density at radius 2 is 2.11 bits per heavy atom. The Kier molecular flexibility index (Phi) is 3.92. The van der Waals surface area contributed by atoms with Gasteiger partial charge in [-0.15, -0.1) is 11.3 Å². The van der Waals surface area contributed by atoms with Crippen LogP contribution >= 0.6 is 11.3 Å². The molecule has 2 aromatic rings. The lowest BCUT2D eigenvalue weighted by Crippen LogP contribution is -2.03. The fraction of sp³-hybridized carbons (Fsp3) is 0.333. The molecule has 2 rings (SSSR count). The Hall–Kier alpha value is -1.48. The van der Waals surface area contributed by atoms with Gasteiger partial charge in [-0.2, -0.15) is 0 Å². The summed E-state index contributed by atoms with van der Waals surface area (Å²) in [7, 11) is 0. The summed E-state index contributed by atoms with van der Waals surface area (Å²) < 4.78 is 0. The zero-order valence-corrected chi connectivity index (χ0v) is 11.8. The van der Waals surface area contributed by atoms with E-state index < -0.39 is 0 Å². The lowest BCUT2D eigenvalue weighted by Gasteiger charge is -2.00. The molecule has 2 heterocycles. The Morgan fingerprint density at radius 1 is 1.33 bits per heavy atom. The zero-order valence-electron chi connectivity index (χ0n) is 11.0. The number of thiophene rings is 1. The molecule has 2 aromatic heterocycles. The average molecular weight is 259 g/mol. The van der Waals surface area contributed by atoms with Gasteiger partial charge in [0.1, 0.15) is 0 Å². The van der Waals surface area contributed by atoms with Crippen molar-refractivity contribution in [3.05, 3.63) is 51.0 Å². The molecule has 3 heteroatoms. The molecule has 0 aromatic carbocycles. The third-order valence-corrected chi connectivity index (χ3v) is 4.27. The number of aryl methyl sites for hydroxylation is 3. The number of hydrogen-bond acceptors (Lipinski definition) is 3. The first-order valence-electron chi connectivity index (χ1n) is 6.14. The number of carbonyl (C=O) groups excluding carboxylic acids is 1. The minimum Gasteiger partial charge on any atom is -0.293 e. The summed E-state index contributed by atoms with van der Waals surface area (Å²) in [6.07, 6.45) is 3.22. The molecule has 0 aliphatic carbocycles. The van der Waals surface area contributed by atoms with Crippen LogP contribution in [-0.4, -0.2) is 10.8 Å². The van der Waals surface area contributed by atoms with Crippen LogP contribution in [0.1, 0.15) is 38.3 Å².